The summed E-state index contributed by atoms with van der Waals surface area (Å²) in [6, 6.07) is 9.82. The zero-order chi connectivity index (χ0) is 26.4. The van der Waals surface area contributed by atoms with Crippen LogP contribution in [0.3, 0.4) is 0 Å². The molecule has 2 aromatic carbocycles. The van der Waals surface area contributed by atoms with Crippen molar-refractivity contribution < 1.29 is 33.2 Å². The fourth-order valence-corrected chi connectivity index (χ4v) is 4.59. The van der Waals surface area contributed by atoms with Crippen molar-refractivity contribution >= 4 is 10.0 Å². The third-order valence-corrected chi connectivity index (χ3v) is 6.86. The molecule has 2 rings (SSSR count). The van der Waals surface area contributed by atoms with Crippen molar-refractivity contribution in [3.05, 3.63) is 53.1 Å². The van der Waals surface area contributed by atoms with Crippen LogP contribution in [-0.2, 0) is 27.8 Å². The molecule has 2 aromatic rings. The summed E-state index contributed by atoms with van der Waals surface area (Å²) in [6.45, 7) is 2.35. The summed E-state index contributed by atoms with van der Waals surface area (Å²) in [7, 11) is -2.41. The van der Waals surface area contributed by atoms with E-state index in [-0.39, 0.29) is 23.0 Å². The van der Waals surface area contributed by atoms with Gasteiger partial charge in [0.05, 0.1) is 19.8 Å². The summed E-state index contributed by atoms with van der Waals surface area (Å²) in [5, 5.41) is 37.6. The van der Waals surface area contributed by atoms with Crippen LogP contribution in [0.4, 0.5) is 0 Å². The minimum absolute atomic E-state index is 0.0131. The van der Waals surface area contributed by atoms with Crippen molar-refractivity contribution in [2.45, 2.75) is 62.6 Å². The van der Waals surface area contributed by atoms with E-state index in [0.717, 1.165) is 63.7 Å². The fraction of sp³-hybridized carbons (Fsp3) is 0.538. The lowest BCUT2D eigenvalue weighted by Crippen LogP contribution is -2.22. The summed E-state index contributed by atoms with van der Waals surface area (Å²) in [6.07, 6.45) is 5.98. The van der Waals surface area contributed by atoms with Crippen molar-refractivity contribution in [3.8, 4) is 11.5 Å². The standard InChI is InChI=1S/C26H40N2O7S/c1-34-25-12-9-20(16-26(25)36(27,32)33)8-4-7-15-35-14-6-3-2-5-13-28-18-24(31)21-10-11-23(30)22(17-21)19-29/h9-12,16-17,24,28-31H,2-8,13-15,18-19H2,1H3,(H2,27,32,33). The Bertz CT molecular complexity index is 1030. The van der Waals surface area contributed by atoms with Gasteiger partial charge in [0.25, 0.3) is 0 Å². The Labute approximate surface area is 214 Å². The van der Waals surface area contributed by atoms with E-state index in [1.807, 2.05) is 6.07 Å². The van der Waals surface area contributed by atoms with Crippen LogP contribution in [0.25, 0.3) is 0 Å². The minimum atomic E-state index is -3.82. The molecule has 6 N–H and O–H groups in total. The molecule has 0 aliphatic carbocycles. The minimum Gasteiger partial charge on any atom is -0.508 e. The molecule has 9 nitrogen and oxygen atoms in total. The third-order valence-electron chi connectivity index (χ3n) is 5.93. The Morgan fingerprint density at radius 2 is 1.72 bits per heavy atom. The number of aryl methyl sites for hydroxylation is 1. The molecule has 1 unspecified atom stereocenters. The first kappa shape index (κ1) is 30.0. The molecule has 0 bridgehead atoms. The maximum Gasteiger partial charge on any atom is 0.241 e. The lowest BCUT2D eigenvalue weighted by molar-refractivity contribution is 0.126. The highest BCUT2D eigenvalue weighted by atomic mass is 32.2. The zero-order valence-corrected chi connectivity index (χ0v) is 21.8. The van der Waals surface area contributed by atoms with E-state index in [0.29, 0.717) is 24.3 Å². The van der Waals surface area contributed by atoms with E-state index >= 15 is 0 Å². The van der Waals surface area contributed by atoms with Crippen LogP contribution < -0.4 is 15.2 Å². The predicted octanol–water partition coefficient (Wildman–Crippen LogP) is 2.76. The Balaban J connectivity index is 1.47. The van der Waals surface area contributed by atoms with Crippen molar-refractivity contribution in [1.82, 2.24) is 5.32 Å². The number of nitrogens with one attached hydrogen (secondary N) is 1. The van der Waals surface area contributed by atoms with E-state index in [2.05, 4.69) is 5.32 Å². The number of rotatable bonds is 18. The van der Waals surface area contributed by atoms with Crippen LogP contribution >= 0.6 is 0 Å². The summed E-state index contributed by atoms with van der Waals surface area (Å²) in [4.78, 5) is 0.0131. The zero-order valence-electron chi connectivity index (χ0n) is 21.0. The number of benzene rings is 2. The van der Waals surface area contributed by atoms with Gasteiger partial charge in [0.2, 0.25) is 10.0 Å². The van der Waals surface area contributed by atoms with Gasteiger partial charge in [0, 0.05) is 25.3 Å². The van der Waals surface area contributed by atoms with Crippen LogP contribution in [0.15, 0.2) is 41.3 Å². The quantitative estimate of drug-likeness (QED) is 0.187. The van der Waals surface area contributed by atoms with Crippen LogP contribution in [0, 0.1) is 0 Å². The van der Waals surface area contributed by atoms with Crippen LogP contribution in [-0.4, -0.2) is 57.2 Å². The molecule has 0 aliphatic rings. The topological polar surface area (TPSA) is 151 Å². The second-order valence-electron chi connectivity index (χ2n) is 8.78. The Hall–Kier alpha value is -2.21. The van der Waals surface area contributed by atoms with Crippen molar-refractivity contribution in [2.24, 2.45) is 5.14 Å². The molecule has 1 atom stereocenters. The normalized spacial score (nSPS) is 12.6. The number of hydrogen-bond donors (Lipinski definition) is 5. The number of aliphatic hydroxyl groups is 2. The van der Waals surface area contributed by atoms with Crippen molar-refractivity contribution in [3.63, 3.8) is 0 Å². The largest absolute Gasteiger partial charge is 0.508 e. The van der Waals surface area contributed by atoms with Gasteiger partial charge in [-0.05, 0) is 74.0 Å². The van der Waals surface area contributed by atoms with Crippen LogP contribution in [0.2, 0.25) is 0 Å². The Morgan fingerprint density at radius 3 is 2.42 bits per heavy atom. The number of hydrogen-bond acceptors (Lipinski definition) is 8. The number of unbranched alkanes of at least 4 members (excludes halogenated alkanes) is 4. The molecular weight excluding hydrogens is 484 g/mol. The molecular formula is C26H40N2O7S. The van der Waals surface area contributed by atoms with Crippen LogP contribution in [0.1, 0.15) is 61.3 Å². The van der Waals surface area contributed by atoms with E-state index in [4.69, 9.17) is 14.6 Å². The first-order chi connectivity index (χ1) is 17.3. The van der Waals surface area contributed by atoms with Gasteiger partial charge in [0.1, 0.15) is 16.4 Å². The fourth-order valence-electron chi connectivity index (χ4n) is 3.84. The van der Waals surface area contributed by atoms with Gasteiger partial charge in [-0.25, -0.2) is 13.6 Å². The van der Waals surface area contributed by atoms with Gasteiger partial charge < -0.3 is 30.1 Å². The van der Waals surface area contributed by atoms with Gasteiger partial charge in [-0.2, -0.15) is 0 Å². The average Bonchev–Trinajstić information content (AvgIpc) is 2.86. The molecule has 0 heterocycles. The summed E-state index contributed by atoms with van der Waals surface area (Å²) < 4.78 is 34.2. The lowest BCUT2D eigenvalue weighted by Gasteiger charge is -2.14. The Morgan fingerprint density at radius 1 is 1.00 bits per heavy atom. The first-order valence-electron chi connectivity index (χ1n) is 12.3. The van der Waals surface area contributed by atoms with E-state index < -0.39 is 16.1 Å². The second-order valence-corrected chi connectivity index (χ2v) is 10.3. The molecule has 0 radical (unpaired) electrons. The summed E-state index contributed by atoms with van der Waals surface area (Å²) in [5.41, 5.74) is 1.97. The first-order valence-corrected chi connectivity index (χ1v) is 13.9. The average molecular weight is 525 g/mol. The van der Waals surface area contributed by atoms with E-state index in [9.17, 15) is 23.7 Å². The molecule has 10 heteroatoms. The molecule has 0 fully saturated rings. The van der Waals surface area contributed by atoms with Gasteiger partial charge in [0.15, 0.2) is 0 Å². The number of methoxy groups -OCH3 is 1. The SMILES string of the molecule is COc1ccc(CCCCOCCCCCCNCC(O)c2ccc(O)c(CO)c2)cc1S(N)(=O)=O. The van der Waals surface area contributed by atoms with E-state index in [1.54, 1.807) is 24.3 Å². The molecule has 36 heavy (non-hydrogen) atoms. The second kappa shape index (κ2) is 15.8. The molecule has 0 aliphatic heterocycles. The molecule has 202 valence electrons. The Kier molecular flexibility index (Phi) is 13.2. The number of primary sulfonamides is 1. The van der Waals surface area contributed by atoms with Gasteiger partial charge in [-0.15, -0.1) is 0 Å². The highest BCUT2D eigenvalue weighted by Crippen LogP contribution is 2.24. The molecule has 0 spiro atoms. The number of ether oxygens (including phenoxy) is 2. The molecule has 0 amide bonds. The smallest absolute Gasteiger partial charge is 0.241 e. The number of aliphatic hydroxyl groups excluding tert-OH is 2. The third kappa shape index (κ3) is 10.4. The van der Waals surface area contributed by atoms with Crippen LogP contribution in [0.5, 0.6) is 11.5 Å². The van der Waals surface area contributed by atoms with Gasteiger partial charge >= 0.3 is 0 Å². The maximum atomic E-state index is 11.7. The summed E-state index contributed by atoms with van der Waals surface area (Å²) >= 11 is 0. The number of sulfonamides is 1. The van der Waals surface area contributed by atoms with Crippen molar-refractivity contribution in [2.75, 3.05) is 33.4 Å². The molecule has 0 saturated heterocycles. The van der Waals surface area contributed by atoms with E-state index in [1.165, 1.54) is 13.2 Å². The lowest BCUT2D eigenvalue weighted by atomic mass is 10.1. The predicted molar refractivity (Wildman–Crippen MR) is 138 cm³/mol. The maximum absolute atomic E-state index is 11.7. The van der Waals surface area contributed by atoms with Gasteiger partial charge in [-0.1, -0.05) is 25.0 Å². The monoisotopic (exact) mass is 524 g/mol. The number of phenols is 1. The molecule has 0 aromatic heterocycles. The highest BCUT2D eigenvalue weighted by Gasteiger charge is 2.15. The molecule has 0 saturated carbocycles. The van der Waals surface area contributed by atoms with Gasteiger partial charge in [-0.3, -0.25) is 0 Å². The number of nitrogens with two attached hydrogens (primary N) is 1. The summed E-state index contributed by atoms with van der Waals surface area (Å²) in [5.74, 6) is 0.282. The number of aromatic hydroxyl groups is 1. The highest BCUT2D eigenvalue weighted by molar-refractivity contribution is 7.89. The van der Waals surface area contributed by atoms with Crippen molar-refractivity contribution in [1.29, 1.82) is 0 Å².